The SMILES string of the molecule is CCC(C)C(NC(=O)C(C)Oc1ccc(F)c(F)c1)C(=O)O. The molecule has 0 saturated heterocycles. The predicted octanol–water partition coefficient (Wildman–Crippen LogP) is 2.35. The van der Waals surface area contributed by atoms with Gasteiger partial charge in [-0.05, 0) is 25.0 Å². The van der Waals surface area contributed by atoms with E-state index in [1.54, 1.807) is 6.92 Å². The van der Waals surface area contributed by atoms with Gasteiger partial charge in [-0.2, -0.15) is 0 Å². The first-order valence-electron chi connectivity index (χ1n) is 6.91. The lowest BCUT2D eigenvalue weighted by molar-refractivity contribution is -0.144. The second-order valence-electron chi connectivity index (χ2n) is 5.05. The Morgan fingerprint density at radius 2 is 1.91 bits per heavy atom. The van der Waals surface area contributed by atoms with Gasteiger partial charge in [-0.1, -0.05) is 20.3 Å². The zero-order valence-electron chi connectivity index (χ0n) is 12.6. The highest BCUT2D eigenvalue weighted by Crippen LogP contribution is 2.17. The molecule has 0 fully saturated rings. The number of amides is 1. The van der Waals surface area contributed by atoms with Gasteiger partial charge < -0.3 is 15.2 Å². The fraction of sp³-hybridized carbons (Fsp3) is 0.467. The maximum Gasteiger partial charge on any atom is 0.326 e. The van der Waals surface area contributed by atoms with E-state index in [9.17, 15) is 18.4 Å². The van der Waals surface area contributed by atoms with Gasteiger partial charge in [0.1, 0.15) is 11.8 Å². The largest absolute Gasteiger partial charge is 0.481 e. The summed E-state index contributed by atoms with van der Waals surface area (Å²) in [5.74, 6) is -4.16. The molecule has 0 aromatic heterocycles. The van der Waals surface area contributed by atoms with Crippen LogP contribution in [0.25, 0.3) is 0 Å². The summed E-state index contributed by atoms with van der Waals surface area (Å²) in [6.45, 7) is 4.92. The van der Waals surface area contributed by atoms with Gasteiger partial charge >= 0.3 is 5.97 Å². The monoisotopic (exact) mass is 315 g/mol. The zero-order chi connectivity index (χ0) is 16.9. The Labute approximate surface area is 127 Å². The summed E-state index contributed by atoms with van der Waals surface area (Å²) in [6, 6.07) is 1.86. The van der Waals surface area contributed by atoms with Crippen molar-refractivity contribution in [3.8, 4) is 5.75 Å². The smallest absolute Gasteiger partial charge is 0.326 e. The summed E-state index contributed by atoms with van der Waals surface area (Å²) >= 11 is 0. The van der Waals surface area contributed by atoms with Gasteiger partial charge in [0.25, 0.3) is 5.91 Å². The Morgan fingerprint density at radius 1 is 1.27 bits per heavy atom. The van der Waals surface area contributed by atoms with E-state index in [2.05, 4.69) is 5.32 Å². The first-order valence-corrected chi connectivity index (χ1v) is 6.91. The number of carbonyl (C=O) groups excluding carboxylic acids is 1. The summed E-state index contributed by atoms with van der Waals surface area (Å²) < 4.78 is 31.1. The Morgan fingerprint density at radius 3 is 2.41 bits per heavy atom. The molecule has 2 N–H and O–H groups in total. The van der Waals surface area contributed by atoms with Crippen LogP contribution >= 0.6 is 0 Å². The first kappa shape index (κ1) is 17.9. The number of carboxylic acid groups (broad SMARTS) is 1. The molecule has 1 amide bonds. The van der Waals surface area contributed by atoms with Crippen molar-refractivity contribution in [2.75, 3.05) is 0 Å². The second-order valence-corrected chi connectivity index (χ2v) is 5.05. The molecule has 0 bridgehead atoms. The van der Waals surface area contributed by atoms with Crippen molar-refractivity contribution in [2.24, 2.45) is 5.92 Å². The van der Waals surface area contributed by atoms with E-state index < -0.39 is 35.7 Å². The average molecular weight is 315 g/mol. The molecular weight excluding hydrogens is 296 g/mol. The molecule has 0 aliphatic carbocycles. The lowest BCUT2D eigenvalue weighted by Gasteiger charge is -2.22. The third-order valence-corrected chi connectivity index (χ3v) is 3.35. The molecule has 0 aliphatic rings. The van der Waals surface area contributed by atoms with Crippen molar-refractivity contribution in [2.45, 2.75) is 39.3 Å². The number of hydrogen-bond acceptors (Lipinski definition) is 3. The highest BCUT2D eigenvalue weighted by molar-refractivity contribution is 5.86. The van der Waals surface area contributed by atoms with E-state index in [4.69, 9.17) is 9.84 Å². The van der Waals surface area contributed by atoms with Crippen molar-refractivity contribution in [3.05, 3.63) is 29.8 Å². The van der Waals surface area contributed by atoms with Crippen molar-refractivity contribution in [1.29, 1.82) is 0 Å². The molecule has 122 valence electrons. The molecule has 3 atom stereocenters. The maximum absolute atomic E-state index is 13.1. The van der Waals surface area contributed by atoms with E-state index in [1.165, 1.54) is 13.0 Å². The number of carbonyl (C=O) groups is 2. The second kappa shape index (κ2) is 7.72. The van der Waals surface area contributed by atoms with Crippen molar-refractivity contribution in [1.82, 2.24) is 5.32 Å². The normalized spacial score (nSPS) is 14.8. The molecule has 0 heterocycles. The molecule has 1 rings (SSSR count). The van der Waals surface area contributed by atoms with E-state index >= 15 is 0 Å². The average Bonchev–Trinajstić information content (AvgIpc) is 2.47. The third-order valence-electron chi connectivity index (χ3n) is 3.35. The Kier molecular flexibility index (Phi) is 6.27. The van der Waals surface area contributed by atoms with Crippen LogP contribution in [0.5, 0.6) is 5.75 Å². The number of nitrogens with one attached hydrogen (secondary N) is 1. The number of benzene rings is 1. The highest BCUT2D eigenvalue weighted by atomic mass is 19.2. The Bertz CT molecular complexity index is 550. The van der Waals surface area contributed by atoms with Gasteiger partial charge in [0.2, 0.25) is 0 Å². The van der Waals surface area contributed by atoms with Crippen molar-refractivity contribution < 1.29 is 28.2 Å². The lowest BCUT2D eigenvalue weighted by atomic mass is 9.99. The lowest BCUT2D eigenvalue weighted by Crippen LogP contribution is -2.49. The Hall–Kier alpha value is -2.18. The molecular formula is C15H19F2NO4. The van der Waals surface area contributed by atoms with Gasteiger partial charge in [-0.25, -0.2) is 13.6 Å². The quantitative estimate of drug-likeness (QED) is 0.810. The summed E-state index contributed by atoms with van der Waals surface area (Å²) in [6.07, 6.45) is -0.467. The van der Waals surface area contributed by atoms with Gasteiger partial charge in [-0.3, -0.25) is 4.79 Å². The molecule has 0 radical (unpaired) electrons. The van der Waals surface area contributed by atoms with Crippen LogP contribution in [0.1, 0.15) is 27.2 Å². The molecule has 0 spiro atoms. The number of halogens is 2. The van der Waals surface area contributed by atoms with Crippen LogP contribution in [0.15, 0.2) is 18.2 Å². The van der Waals surface area contributed by atoms with Crippen LogP contribution in [-0.2, 0) is 9.59 Å². The minimum atomic E-state index is -1.14. The molecule has 22 heavy (non-hydrogen) atoms. The standard InChI is InChI=1S/C15H19F2NO4/c1-4-8(2)13(15(20)21)18-14(19)9(3)22-10-5-6-11(16)12(17)7-10/h5-9,13H,4H2,1-3H3,(H,18,19)(H,20,21). The molecule has 5 nitrogen and oxygen atoms in total. The van der Waals surface area contributed by atoms with Gasteiger partial charge in [-0.15, -0.1) is 0 Å². The van der Waals surface area contributed by atoms with Gasteiger partial charge in [0.15, 0.2) is 17.7 Å². The van der Waals surface area contributed by atoms with Gasteiger partial charge in [0.05, 0.1) is 0 Å². The Balaban J connectivity index is 2.71. The predicted molar refractivity (Wildman–Crippen MR) is 75.5 cm³/mol. The van der Waals surface area contributed by atoms with Crippen LogP contribution < -0.4 is 10.1 Å². The number of rotatable bonds is 7. The fourth-order valence-electron chi connectivity index (χ4n) is 1.76. The van der Waals surface area contributed by atoms with E-state index in [0.717, 1.165) is 12.1 Å². The zero-order valence-corrected chi connectivity index (χ0v) is 12.6. The molecule has 0 saturated carbocycles. The van der Waals surface area contributed by atoms with Crippen LogP contribution in [0.3, 0.4) is 0 Å². The van der Waals surface area contributed by atoms with Gasteiger partial charge in [0, 0.05) is 6.07 Å². The topological polar surface area (TPSA) is 75.6 Å². The van der Waals surface area contributed by atoms with Crippen molar-refractivity contribution >= 4 is 11.9 Å². The van der Waals surface area contributed by atoms with E-state index in [0.29, 0.717) is 6.42 Å². The van der Waals surface area contributed by atoms with E-state index in [1.807, 2.05) is 6.92 Å². The third kappa shape index (κ3) is 4.68. The highest BCUT2D eigenvalue weighted by Gasteiger charge is 2.27. The van der Waals surface area contributed by atoms with E-state index in [-0.39, 0.29) is 11.7 Å². The molecule has 1 aromatic carbocycles. The number of carboxylic acids is 1. The molecule has 0 aliphatic heterocycles. The van der Waals surface area contributed by atoms with Crippen LogP contribution in [0.4, 0.5) is 8.78 Å². The van der Waals surface area contributed by atoms with Crippen LogP contribution in [0.2, 0.25) is 0 Å². The van der Waals surface area contributed by atoms with Crippen molar-refractivity contribution in [3.63, 3.8) is 0 Å². The summed E-state index contributed by atoms with van der Waals surface area (Å²) in [5, 5.41) is 11.5. The van der Waals surface area contributed by atoms with Crippen LogP contribution in [0, 0.1) is 17.6 Å². The summed E-state index contributed by atoms with van der Waals surface area (Å²) in [4.78, 5) is 23.1. The summed E-state index contributed by atoms with van der Waals surface area (Å²) in [7, 11) is 0. The maximum atomic E-state index is 13.1. The minimum Gasteiger partial charge on any atom is -0.481 e. The van der Waals surface area contributed by atoms with Crippen LogP contribution in [-0.4, -0.2) is 29.1 Å². The number of aliphatic carboxylic acids is 1. The minimum absolute atomic E-state index is 0.0167. The first-order chi connectivity index (χ1) is 10.3. The number of hydrogen-bond donors (Lipinski definition) is 2. The molecule has 3 unspecified atom stereocenters. The summed E-state index contributed by atoms with van der Waals surface area (Å²) in [5.41, 5.74) is 0. The molecule has 1 aromatic rings. The number of ether oxygens (including phenoxy) is 1. The fourth-order valence-corrected chi connectivity index (χ4v) is 1.76. The molecule has 7 heteroatoms.